The average molecular weight is 489 g/mol. The van der Waals surface area contributed by atoms with E-state index in [4.69, 9.17) is 38.5 Å². The predicted molar refractivity (Wildman–Crippen MR) is 15.2 cm³/mol. The van der Waals surface area contributed by atoms with Crippen LogP contribution in [0, 0.1) is 80.4 Å². The van der Waals surface area contributed by atoms with E-state index >= 15 is 0 Å². The molecule has 0 aromatic carbocycles. The van der Waals surface area contributed by atoms with Crippen LogP contribution in [0.25, 0.3) is 0 Å². The number of hydrogen-bond donors (Lipinski definition) is 0. The molecular formula is CeO8P2Tb. The normalized spacial score (nSPS) is 9.83. The van der Waals surface area contributed by atoms with Crippen LogP contribution in [-0.2, 0) is 9.13 Å². The van der Waals surface area contributed by atoms with Crippen LogP contribution in [0.4, 0.5) is 0 Å². The Morgan fingerprint density at radius 3 is 0.667 bits per heavy atom. The Labute approximate surface area is 132 Å². The van der Waals surface area contributed by atoms with E-state index < -0.39 is 15.6 Å². The van der Waals surface area contributed by atoms with Crippen molar-refractivity contribution < 1.29 is 119 Å². The van der Waals surface area contributed by atoms with Gasteiger partial charge in [0.05, 0.1) is 0 Å². The van der Waals surface area contributed by atoms with Gasteiger partial charge in [-0.1, -0.05) is 0 Å². The summed E-state index contributed by atoms with van der Waals surface area (Å²) in [5, 5.41) is 0. The zero-order chi connectivity index (χ0) is 9.00. The number of phosphoric acid groups is 2. The van der Waals surface area contributed by atoms with Gasteiger partial charge in [0, 0.05) is 0 Å². The molecule has 71 valence electrons. The van der Waals surface area contributed by atoms with Crippen LogP contribution < -0.4 is 29.4 Å². The Morgan fingerprint density at radius 1 is 0.667 bits per heavy atom. The molecule has 12 heteroatoms. The van der Waals surface area contributed by atoms with E-state index in [1.165, 1.54) is 0 Å². The third kappa shape index (κ3) is 219. The maximum atomic E-state index is 8.55. The predicted octanol–water partition coefficient (Wildman–Crippen LogP) is -5.65. The Balaban J connectivity index is -0.0000000457. The molecule has 0 amide bonds. The minimum atomic E-state index is -5.39. The van der Waals surface area contributed by atoms with Gasteiger partial charge >= 0.3 is 80.4 Å². The van der Waals surface area contributed by atoms with Crippen LogP contribution in [0.3, 0.4) is 0 Å². The summed E-state index contributed by atoms with van der Waals surface area (Å²) in [6.45, 7) is 0. The van der Waals surface area contributed by atoms with Crippen molar-refractivity contribution in [3.05, 3.63) is 0 Å². The summed E-state index contributed by atoms with van der Waals surface area (Å²) in [6.07, 6.45) is 0. The number of rotatable bonds is 0. The first-order chi connectivity index (χ1) is 4.00. The van der Waals surface area contributed by atoms with Crippen LogP contribution in [0.1, 0.15) is 0 Å². The summed E-state index contributed by atoms with van der Waals surface area (Å²) in [5.74, 6) is 0. The fourth-order valence-electron chi connectivity index (χ4n) is 0. The largest absolute Gasteiger partial charge is 3.00 e. The molecule has 0 aliphatic carbocycles. The molecule has 0 unspecified atom stereocenters. The van der Waals surface area contributed by atoms with Crippen molar-refractivity contribution >= 4 is 15.6 Å². The smallest absolute Gasteiger partial charge is 0.822 e. The fourth-order valence-corrected chi connectivity index (χ4v) is 0. The minimum absolute atomic E-state index is 0. The van der Waals surface area contributed by atoms with E-state index in [1.54, 1.807) is 0 Å². The van der Waals surface area contributed by atoms with Gasteiger partial charge in [0.1, 0.15) is 0 Å². The Bertz CT molecular complexity index is 129. The summed E-state index contributed by atoms with van der Waals surface area (Å²) in [5.41, 5.74) is 0. The van der Waals surface area contributed by atoms with Gasteiger partial charge in [-0.25, -0.2) is 0 Å². The molecule has 8 nitrogen and oxygen atoms in total. The van der Waals surface area contributed by atoms with Gasteiger partial charge in [-0.3, -0.25) is 0 Å². The molecule has 0 spiro atoms. The van der Waals surface area contributed by atoms with E-state index in [9.17, 15) is 0 Å². The summed E-state index contributed by atoms with van der Waals surface area (Å²) in [7, 11) is -10.8. The van der Waals surface area contributed by atoms with E-state index in [2.05, 4.69) is 0 Å². The maximum Gasteiger partial charge on any atom is 3.00 e. The van der Waals surface area contributed by atoms with Crippen molar-refractivity contribution in [3.8, 4) is 0 Å². The second-order valence-electron chi connectivity index (χ2n) is 0.894. The van der Waals surface area contributed by atoms with Gasteiger partial charge < -0.3 is 38.5 Å². The van der Waals surface area contributed by atoms with Crippen LogP contribution in [0.2, 0.25) is 0 Å². The molecule has 0 aliphatic heterocycles. The maximum absolute atomic E-state index is 8.55. The van der Waals surface area contributed by atoms with Gasteiger partial charge in [-0.15, -0.1) is 0 Å². The van der Waals surface area contributed by atoms with E-state index in [0.29, 0.717) is 0 Å². The Kier molecular flexibility index (Phi) is 21.0. The molecule has 0 aromatic heterocycles. The van der Waals surface area contributed by atoms with Crippen molar-refractivity contribution in [2.24, 2.45) is 0 Å². The van der Waals surface area contributed by atoms with Gasteiger partial charge in [0.25, 0.3) is 0 Å². The van der Waals surface area contributed by atoms with Crippen LogP contribution in [-0.4, -0.2) is 0 Å². The molecule has 1 radical (unpaired) electrons. The first-order valence-corrected chi connectivity index (χ1v) is 4.38. The summed E-state index contributed by atoms with van der Waals surface area (Å²) in [4.78, 5) is 51.3. The third-order valence-electron chi connectivity index (χ3n) is 0. The molecule has 12 heavy (non-hydrogen) atoms. The molecule has 0 bridgehead atoms. The van der Waals surface area contributed by atoms with Gasteiger partial charge in [-0.2, -0.15) is 15.6 Å². The fraction of sp³-hybridized carbons (Fsp3) is 0. The first kappa shape index (κ1) is 24.2. The van der Waals surface area contributed by atoms with Crippen molar-refractivity contribution in [3.63, 3.8) is 0 Å². The molecule has 0 N–H and O–H groups in total. The van der Waals surface area contributed by atoms with Crippen LogP contribution in [0.15, 0.2) is 0 Å². The summed E-state index contributed by atoms with van der Waals surface area (Å²) in [6, 6.07) is 0. The topological polar surface area (TPSA) is 172 Å². The zero-order valence-electron chi connectivity index (χ0n) is 4.99. The molecule has 0 saturated carbocycles. The average Bonchev–Trinajstić information content (AvgIpc) is 1.12. The zero-order valence-corrected chi connectivity index (χ0v) is 12.1. The van der Waals surface area contributed by atoms with Gasteiger partial charge in [0.15, 0.2) is 0 Å². The quantitative estimate of drug-likeness (QED) is 0.303. The third-order valence-corrected chi connectivity index (χ3v) is 0. The van der Waals surface area contributed by atoms with Crippen LogP contribution in [0.5, 0.6) is 0 Å². The summed E-state index contributed by atoms with van der Waals surface area (Å²) < 4.78 is 17.1. The molecule has 0 aliphatic rings. The van der Waals surface area contributed by atoms with E-state index in [0.717, 1.165) is 0 Å². The molecule has 0 atom stereocenters. The SMILES string of the molecule is O=P([O-])([O-])[O-].O=P([O-])([O-])[O-].[Ce+3].[Tb+3]. The second-order valence-corrected chi connectivity index (χ2v) is 2.68. The Hall–Kier alpha value is 2.88. The molecular weight excluding hydrogens is 489 g/mol. The van der Waals surface area contributed by atoms with Crippen molar-refractivity contribution in [1.29, 1.82) is 0 Å². The molecule has 0 heterocycles. The Morgan fingerprint density at radius 2 is 0.667 bits per heavy atom. The van der Waals surface area contributed by atoms with Crippen molar-refractivity contribution in [2.45, 2.75) is 0 Å². The molecule has 0 rings (SSSR count). The molecule has 0 saturated heterocycles. The minimum Gasteiger partial charge on any atom is -0.822 e. The number of hydrogen-bond acceptors (Lipinski definition) is 8. The first-order valence-electron chi connectivity index (χ1n) is 1.46. The van der Waals surface area contributed by atoms with Crippen molar-refractivity contribution in [1.82, 2.24) is 0 Å². The van der Waals surface area contributed by atoms with Gasteiger partial charge in [0.2, 0.25) is 0 Å². The summed E-state index contributed by atoms with van der Waals surface area (Å²) >= 11 is 0. The van der Waals surface area contributed by atoms with Crippen molar-refractivity contribution in [2.75, 3.05) is 0 Å². The monoisotopic (exact) mass is 489 g/mol. The molecule has 0 fully saturated rings. The molecule has 0 aromatic rings. The van der Waals surface area contributed by atoms with Crippen LogP contribution >= 0.6 is 15.6 Å². The van der Waals surface area contributed by atoms with Gasteiger partial charge in [-0.05, 0) is 0 Å². The standard InChI is InChI=1S/Ce.2H3O4P.Tb/c;2*1-5(2,3)4;/h;2*(H3,1,2,3,4);/q+3;;;+3/p-6. The van der Waals surface area contributed by atoms with E-state index in [-0.39, 0.29) is 80.4 Å². The van der Waals surface area contributed by atoms with E-state index in [1.807, 2.05) is 0 Å². The second kappa shape index (κ2) is 10.4.